The molecular weight excluding hydrogens is 210 g/mol. The van der Waals surface area contributed by atoms with E-state index in [1.165, 1.54) is 12.0 Å². The summed E-state index contributed by atoms with van der Waals surface area (Å²) in [6, 6.07) is 8.46. The standard InChI is InChI=1S/C15H25NO/c1-4-10-16-12-13(3)11-14-6-8-15(9-7-14)17-5-2/h6-9,13,16H,4-5,10-12H2,1-3H3. The molecule has 0 radical (unpaired) electrons. The van der Waals surface area contributed by atoms with E-state index < -0.39 is 0 Å². The molecule has 0 aromatic heterocycles. The van der Waals surface area contributed by atoms with Gasteiger partial charge in [-0.25, -0.2) is 0 Å². The van der Waals surface area contributed by atoms with E-state index in [0.29, 0.717) is 5.92 Å². The molecule has 0 aliphatic carbocycles. The fourth-order valence-corrected chi connectivity index (χ4v) is 1.89. The summed E-state index contributed by atoms with van der Waals surface area (Å²) < 4.78 is 5.43. The third-order valence-corrected chi connectivity index (χ3v) is 2.74. The summed E-state index contributed by atoms with van der Waals surface area (Å²) in [7, 11) is 0. The average molecular weight is 235 g/mol. The number of benzene rings is 1. The van der Waals surface area contributed by atoms with Crippen molar-refractivity contribution in [3.8, 4) is 5.75 Å². The van der Waals surface area contributed by atoms with Crippen LogP contribution in [0.1, 0.15) is 32.8 Å². The van der Waals surface area contributed by atoms with Crippen molar-refractivity contribution in [3.63, 3.8) is 0 Å². The van der Waals surface area contributed by atoms with Crippen LogP contribution in [0.3, 0.4) is 0 Å². The summed E-state index contributed by atoms with van der Waals surface area (Å²) in [5.41, 5.74) is 1.39. The first kappa shape index (κ1) is 14.0. The molecule has 1 atom stereocenters. The fourth-order valence-electron chi connectivity index (χ4n) is 1.89. The minimum absolute atomic E-state index is 0.680. The molecule has 2 nitrogen and oxygen atoms in total. The molecule has 1 aromatic carbocycles. The summed E-state index contributed by atoms with van der Waals surface area (Å²) >= 11 is 0. The number of nitrogens with one attached hydrogen (secondary N) is 1. The summed E-state index contributed by atoms with van der Waals surface area (Å²) in [5, 5.41) is 3.46. The van der Waals surface area contributed by atoms with E-state index in [1.54, 1.807) is 0 Å². The topological polar surface area (TPSA) is 21.3 Å². The molecular formula is C15H25NO. The quantitative estimate of drug-likeness (QED) is 0.698. The lowest BCUT2D eigenvalue weighted by Crippen LogP contribution is -2.23. The maximum absolute atomic E-state index is 5.43. The highest BCUT2D eigenvalue weighted by atomic mass is 16.5. The van der Waals surface area contributed by atoms with Gasteiger partial charge in [0.1, 0.15) is 5.75 Å². The second-order valence-electron chi connectivity index (χ2n) is 4.59. The van der Waals surface area contributed by atoms with E-state index in [4.69, 9.17) is 4.74 Å². The van der Waals surface area contributed by atoms with E-state index in [2.05, 4.69) is 43.4 Å². The van der Waals surface area contributed by atoms with Crippen LogP contribution in [0.25, 0.3) is 0 Å². The van der Waals surface area contributed by atoms with E-state index in [1.807, 2.05) is 6.92 Å². The molecule has 0 spiro atoms. The Bertz CT molecular complexity index is 294. The molecule has 1 rings (SSSR count). The van der Waals surface area contributed by atoms with E-state index in [9.17, 15) is 0 Å². The van der Waals surface area contributed by atoms with Crippen molar-refractivity contribution in [2.24, 2.45) is 5.92 Å². The predicted molar refractivity (Wildman–Crippen MR) is 73.6 cm³/mol. The van der Waals surface area contributed by atoms with Crippen molar-refractivity contribution in [2.75, 3.05) is 19.7 Å². The van der Waals surface area contributed by atoms with Gasteiger partial charge in [-0.3, -0.25) is 0 Å². The number of rotatable bonds is 8. The van der Waals surface area contributed by atoms with Crippen LogP contribution in [0.15, 0.2) is 24.3 Å². The van der Waals surface area contributed by atoms with Gasteiger partial charge in [-0.1, -0.05) is 26.0 Å². The van der Waals surface area contributed by atoms with Crippen molar-refractivity contribution in [2.45, 2.75) is 33.6 Å². The Hall–Kier alpha value is -1.02. The van der Waals surface area contributed by atoms with Crippen LogP contribution in [0, 0.1) is 5.92 Å². The summed E-state index contributed by atoms with van der Waals surface area (Å²) in [5.74, 6) is 1.65. The number of hydrogen-bond donors (Lipinski definition) is 1. The highest BCUT2D eigenvalue weighted by molar-refractivity contribution is 5.27. The highest BCUT2D eigenvalue weighted by Gasteiger charge is 2.03. The molecule has 1 N–H and O–H groups in total. The Morgan fingerprint density at radius 1 is 1.18 bits per heavy atom. The Morgan fingerprint density at radius 2 is 1.88 bits per heavy atom. The highest BCUT2D eigenvalue weighted by Crippen LogP contribution is 2.14. The first-order valence-corrected chi connectivity index (χ1v) is 6.68. The van der Waals surface area contributed by atoms with Gasteiger partial charge < -0.3 is 10.1 Å². The van der Waals surface area contributed by atoms with Gasteiger partial charge in [0.2, 0.25) is 0 Å². The minimum Gasteiger partial charge on any atom is -0.494 e. The third-order valence-electron chi connectivity index (χ3n) is 2.74. The second kappa shape index (κ2) is 8.13. The maximum Gasteiger partial charge on any atom is 0.119 e. The first-order chi connectivity index (χ1) is 8.26. The smallest absolute Gasteiger partial charge is 0.119 e. The normalized spacial score (nSPS) is 12.4. The molecule has 0 amide bonds. The van der Waals surface area contributed by atoms with Crippen molar-refractivity contribution in [3.05, 3.63) is 29.8 Å². The van der Waals surface area contributed by atoms with Crippen molar-refractivity contribution in [1.29, 1.82) is 0 Å². The lowest BCUT2D eigenvalue weighted by molar-refractivity contribution is 0.340. The Labute approximate surface area is 105 Å². The summed E-state index contributed by atoms with van der Waals surface area (Å²) in [4.78, 5) is 0. The van der Waals surface area contributed by atoms with Crippen LogP contribution in [-0.4, -0.2) is 19.7 Å². The second-order valence-corrected chi connectivity index (χ2v) is 4.59. The Balaban J connectivity index is 2.34. The van der Waals surface area contributed by atoms with Crippen LogP contribution in [0.2, 0.25) is 0 Å². The van der Waals surface area contributed by atoms with Gasteiger partial charge in [0.25, 0.3) is 0 Å². The zero-order valence-electron chi connectivity index (χ0n) is 11.3. The van der Waals surface area contributed by atoms with Gasteiger partial charge in [-0.2, -0.15) is 0 Å². The van der Waals surface area contributed by atoms with Gasteiger partial charge in [0, 0.05) is 0 Å². The Kier molecular flexibility index (Phi) is 6.71. The van der Waals surface area contributed by atoms with Crippen LogP contribution >= 0.6 is 0 Å². The van der Waals surface area contributed by atoms with E-state index >= 15 is 0 Å². The summed E-state index contributed by atoms with van der Waals surface area (Å²) in [6.45, 7) is 9.45. The SMILES string of the molecule is CCCNCC(C)Cc1ccc(OCC)cc1. The third kappa shape index (κ3) is 5.73. The molecule has 0 bridgehead atoms. The molecule has 2 heteroatoms. The zero-order valence-corrected chi connectivity index (χ0v) is 11.3. The molecule has 17 heavy (non-hydrogen) atoms. The van der Waals surface area contributed by atoms with Crippen LogP contribution in [0.4, 0.5) is 0 Å². The molecule has 96 valence electrons. The Morgan fingerprint density at radius 3 is 2.47 bits per heavy atom. The molecule has 0 aliphatic heterocycles. The molecule has 0 saturated carbocycles. The molecule has 0 heterocycles. The average Bonchev–Trinajstić information content (AvgIpc) is 2.32. The van der Waals surface area contributed by atoms with Crippen molar-refractivity contribution < 1.29 is 4.74 Å². The number of ether oxygens (including phenoxy) is 1. The molecule has 1 unspecified atom stereocenters. The van der Waals surface area contributed by atoms with Crippen LogP contribution in [-0.2, 0) is 6.42 Å². The fraction of sp³-hybridized carbons (Fsp3) is 0.600. The monoisotopic (exact) mass is 235 g/mol. The van der Waals surface area contributed by atoms with Crippen LogP contribution < -0.4 is 10.1 Å². The predicted octanol–water partition coefficient (Wildman–Crippen LogP) is 3.26. The first-order valence-electron chi connectivity index (χ1n) is 6.68. The molecule has 0 fully saturated rings. The lowest BCUT2D eigenvalue weighted by atomic mass is 10.0. The molecule has 0 aliphatic rings. The number of hydrogen-bond acceptors (Lipinski definition) is 2. The van der Waals surface area contributed by atoms with Gasteiger partial charge in [0.05, 0.1) is 6.61 Å². The largest absolute Gasteiger partial charge is 0.494 e. The summed E-state index contributed by atoms with van der Waals surface area (Å²) in [6.07, 6.45) is 2.33. The van der Waals surface area contributed by atoms with Gasteiger partial charge in [0.15, 0.2) is 0 Å². The van der Waals surface area contributed by atoms with E-state index in [0.717, 1.165) is 31.9 Å². The van der Waals surface area contributed by atoms with Crippen molar-refractivity contribution >= 4 is 0 Å². The van der Waals surface area contributed by atoms with Crippen LogP contribution in [0.5, 0.6) is 5.75 Å². The lowest BCUT2D eigenvalue weighted by Gasteiger charge is -2.12. The van der Waals surface area contributed by atoms with Gasteiger partial charge in [-0.05, 0) is 56.5 Å². The van der Waals surface area contributed by atoms with Gasteiger partial charge in [-0.15, -0.1) is 0 Å². The van der Waals surface area contributed by atoms with E-state index in [-0.39, 0.29) is 0 Å². The minimum atomic E-state index is 0.680. The molecule has 0 saturated heterocycles. The van der Waals surface area contributed by atoms with Crippen molar-refractivity contribution in [1.82, 2.24) is 5.32 Å². The molecule has 1 aromatic rings. The van der Waals surface area contributed by atoms with Gasteiger partial charge >= 0.3 is 0 Å². The maximum atomic E-state index is 5.43. The zero-order chi connectivity index (χ0) is 12.5.